The fourth-order valence-corrected chi connectivity index (χ4v) is 0.897. The molecule has 0 aromatic heterocycles. The summed E-state index contributed by atoms with van der Waals surface area (Å²) in [5.74, 6) is 0. The summed E-state index contributed by atoms with van der Waals surface area (Å²) < 4.78 is 9.92. The number of hydrogen-bond acceptors (Lipinski definition) is 3. The van der Waals surface area contributed by atoms with E-state index in [1.807, 2.05) is 0 Å². The zero-order valence-electron chi connectivity index (χ0n) is 8.54. The van der Waals surface area contributed by atoms with Crippen molar-refractivity contribution in [1.29, 1.82) is 0 Å². The van der Waals surface area contributed by atoms with E-state index in [1.54, 1.807) is 0 Å². The number of unbranched alkanes of at least 4 members (excludes halogenated alkanes) is 2. The molecule has 0 aliphatic rings. The molecule has 0 spiro atoms. The van der Waals surface area contributed by atoms with E-state index in [0.29, 0.717) is 12.7 Å². The van der Waals surface area contributed by atoms with E-state index in [0.717, 1.165) is 32.3 Å². The molecule has 3 nitrogen and oxygen atoms in total. The normalized spacial score (nSPS) is 12.5. The third-order valence-electron chi connectivity index (χ3n) is 1.93. The molecule has 0 aromatic rings. The minimum Gasteiger partial charge on any atom is -0.457 e. The monoisotopic (exact) mass is 187 g/mol. The van der Waals surface area contributed by atoms with Crippen LogP contribution in [-0.4, -0.2) is 25.8 Å². The Morgan fingerprint density at radius 1 is 1.23 bits per heavy atom. The van der Waals surface area contributed by atoms with Crippen LogP contribution < -0.4 is 0 Å². The predicted octanol–water partition coefficient (Wildman–Crippen LogP) is 2.06. The molecule has 0 saturated heterocycles. The third kappa shape index (κ3) is 9.34. The number of rotatable bonds is 9. The summed E-state index contributed by atoms with van der Waals surface area (Å²) in [4.78, 5) is 9.65. The molecule has 0 aliphatic carbocycles. The molecule has 1 atom stereocenters. The molecule has 77 valence electrons. The maximum atomic E-state index is 9.65. The van der Waals surface area contributed by atoms with Crippen LogP contribution in [0.3, 0.4) is 0 Å². The molecule has 0 N–H and O–H groups in total. The second-order valence-corrected chi connectivity index (χ2v) is 3.08. The van der Waals surface area contributed by atoms with Gasteiger partial charge in [0.15, 0.2) is 0 Å². The van der Waals surface area contributed by atoms with Gasteiger partial charge in [-0.05, 0) is 32.6 Å². The molecule has 0 bridgehead atoms. The zero-order chi connectivity index (χ0) is 9.94. The minimum absolute atomic E-state index is 0.361. The van der Waals surface area contributed by atoms with Crippen LogP contribution >= 0.6 is 0 Å². The van der Waals surface area contributed by atoms with Gasteiger partial charge in [-0.3, -0.25) is 0 Å². The average Bonchev–Trinajstić information content (AvgIpc) is 2.16. The Balaban J connectivity index is 2.95. The molecular formula is C10H19O3. The van der Waals surface area contributed by atoms with Crippen LogP contribution in [0.2, 0.25) is 0 Å². The van der Waals surface area contributed by atoms with Gasteiger partial charge in [0.25, 0.3) is 0 Å². The first-order valence-electron chi connectivity index (χ1n) is 4.91. The van der Waals surface area contributed by atoms with Crippen LogP contribution in [0.5, 0.6) is 0 Å². The van der Waals surface area contributed by atoms with Crippen molar-refractivity contribution in [2.24, 2.45) is 0 Å². The molecule has 0 aliphatic heterocycles. The molecule has 0 heterocycles. The summed E-state index contributed by atoms with van der Waals surface area (Å²) in [6.45, 7) is 6.87. The Labute approximate surface area is 80.4 Å². The molecule has 0 rings (SSSR count). The lowest BCUT2D eigenvalue weighted by atomic mass is 10.2. The quantitative estimate of drug-likeness (QED) is 0.518. The smallest absolute Gasteiger partial charge is 0.417 e. The molecule has 0 fully saturated rings. The van der Waals surface area contributed by atoms with E-state index in [2.05, 4.69) is 18.6 Å². The topological polar surface area (TPSA) is 35.5 Å². The van der Waals surface area contributed by atoms with E-state index < -0.39 is 0 Å². The van der Waals surface area contributed by atoms with Crippen molar-refractivity contribution in [3.8, 4) is 0 Å². The molecule has 0 amide bonds. The fourth-order valence-electron chi connectivity index (χ4n) is 0.897. The summed E-state index contributed by atoms with van der Waals surface area (Å²) >= 11 is 0. The predicted molar refractivity (Wildman–Crippen MR) is 51.2 cm³/mol. The van der Waals surface area contributed by atoms with Gasteiger partial charge in [0.1, 0.15) is 0 Å². The van der Waals surface area contributed by atoms with Crippen molar-refractivity contribution < 1.29 is 14.3 Å². The molecule has 1 radical (unpaired) electrons. The molecule has 1 unspecified atom stereocenters. The summed E-state index contributed by atoms with van der Waals surface area (Å²) in [5.41, 5.74) is 0. The van der Waals surface area contributed by atoms with E-state index in [4.69, 9.17) is 4.74 Å². The lowest BCUT2D eigenvalue weighted by molar-refractivity contribution is 0.0603. The molecule has 3 heteroatoms. The minimum atomic E-state index is 0.361. The van der Waals surface area contributed by atoms with Crippen molar-refractivity contribution in [1.82, 2.24) is 0 Å². The highest BCUT2D eigenvalue weighted by molar-refractivity contribution is 5.37. The Morgan fingerprint density at radius 2 is 1.92 bits per heavy atom. The van der Waals surface area contributed by atoms with Gasteiger partial charge in [0, 0.05) is 6.61 Å². The lowest BCUT2D eigenvalue weighted by Crippen LogP contribution is -2.07. The summed E-state index contributed by atoms with van der Waals surface area (Å²) in [7, 11) is 0. The SMILES string of the molecule is CCC(C)OCCCCCO[C]=O. The standard InChI is InChI=1S/C10H19O3/c1-3-10(2)13-8-6-4-5-7-12-9-11/h10H,3-8H2,1-2H3. The summed E-state index contributed by atoms with van der Waals surface area (Å²) in [5, 5.41) is 0. The van der Waals surface area contributed by atoms with E-state index in [9.17, 15) is 4.79 Å². The van der Waals surface area contributed by atoms with Gasteiger partial charge in [-0.25, -0.2) is 4.79 Å². The van der Waals surface area contributed by atoms with Crippen molar-refractivity contribution in [2.45, 2.75) is 45.6 Å². The van der Waals surface area contributed by atoms with Crippen LogP contribution in [0.25, 0.3) is 0 Å². The average molecular weight is 187 g/mol. The van der Waals surface area contributed by atoms with Crippen LogP contribution in [0, 0.1) is 0 Å². The van der Waals surface area contributed by atoms with Gasteiger partial charge < -0.3 is 9.47 Å². The highest BCUT2D eigenvalue weighted by Gasteiger charge is 1.97. The largest absolute Gasteiger partial charge is 0.457 e. The van der Waals surface area contributed by atoms with Crippen LogP contribution in [0.1, 0.15) is 39.5 Å². The second kappa shape index (κ2) is 9.52. The summed E-state index contributed by atoms with van der Waals surface area (Å²) in [6.07, 6.45) is 4.40. The molecule has 0 saturated carbocycles. The zero-order valence-corrected chi connectivity index (χ0v) is 8.54. The van der Waals surface area contributed by atoms with E-state index >= 15 is 0 Å². The number of hydrogen-bond donors (Lipinski definition) is 0. The first-order valence-corrected chi connectivity index (χ1v) is 4.91. The fraction of sp³-hybridized carbons (Fsp3) is 0.900. The summed E-state index contributed by atoms with van der Waals surface area (Å²) in [6, 6.07) is 0. The molecule has 13 heavy (non-hydrogen) atoms. The maximum absolute atomic E-state index is 9.65. The van der Waals surface area contributed by atoms with Gasteiger partial charge in [-0.1, -0.05) is 6.92 Å². The number of carbonyl (C=O) groups excluding carboxylic acids is 1. The maximum Gasteiger partial charge on any atom is 0.417 e. The van der Waals surface area contributed by atoms with Gasteiger partial charge in [0.2, 0.25) is 0 Å². The number of ether oxygens (including phenoxy) is 2. The van der Waals surface area contributed by atoms with Gasteiger partial charge in [-0.15, -0.1) is 0 Å². The Bertz CT molecular complexity index is 115. The van der Waals surface area contributed by atoms with Gasteiger partial charge >= 0.3 is 6.47 Å². The van der Waals surface area contributed by atoms with E-state index in [1.165, 1.54) is 6.47 Å². The Kier molecular flexibility index (Phi) is 9.10. The van der Waals surface area contributed by atoms with Gasteiger partial charge in [0.05, 0.1) is 12.7 Å². The van der Waals surface area contributed by atoms with Crippen molar-refractivity contribution >= 4 is 6.47 Å². The highest BCUT2D eigenvalue weighted by Crippen LogP contribution is 2.00. The van der Waals surface area contributed by atoms with Crippen molar-refractivity contribution in [2.75, 3.05) is 13.2 Å². The Morgan fingerprint density at radius 3 is 2.54 bits per heavy atom. The third-order valence-corrected chi connectivity index (χ3v) is 1.93. The molecule has 0 aromatic carbocycles. The van der Waals surface area contributed by atoms with Crippen molar-refractivity contribution in [3.63, 3.8) is 0 Å². The second-order valence-electron chi connectivity index (χ2n) is 3.08. The van der Waals surface area contributed by atoms with Gasteiger partial charge in [-0.2, -0.15) is 0 Å². The van der Waals surface area contributed by atoms with Crippen molar-refractivity contribution in [3.05, 3.63) is 0 Å². The first kappa shape index (κ1) is 12.4. The lowest BCUT2D eigenvalue weighted by Gasteiger charge is -2.09. The first-order chi connectivity index (χ1) is 6.31. The highest BCUT2D eigenvalue weighted by atomic mass is 16.5. The van der Waals surface area contributed by atoms with Crippen LogP contribution in [0.15, 0.2) is 0 Å². The van der Waals surface area contributed by atoms with Crippen LogP contribution in [-0.2, 0) is 14.3 Å². The molecular weight excluding hydrogens is 168 g/mol. The Hall–Kier alpha value is -0.570. The van der Waals surface area contributed by atoms with E-state index in [-0.39, 0.29) is 0 Å². The van der Waals surface area contributed by atoms with Crippen LogP contribution in [0.4, 0.5) is 0 Å².